The van der Waals surface area contributed by atoms with Crippen molar-refractivity contribution < 1.29 is 19.0 Å². The van der Waals surface area contributed by atoms with Gasteiger partial charge in [-0.1, -0.05) is 6.07 Å². The largest absolute Gasteiger partial charge is 0.497 e. The Bertz CT molecular complexity index is 693. The number of carbonyl (C=O) groups excluding carboxylic acids is 1. The summed E-state index contributed by atoms with van der Waals surface area (Å²) < 4.78 is 15.5. The maximum atomic E-state index is 11.9. The summed E-state index contributed by atoms with van der Waals surface area (Å²) in [5.41, 5.74) is 1.54. The zero-order valence-electron chi connectivity index (χ0n) is 13.3. The monoisotopic (exact) mass is 313 g/mol. The first-order chi connectivity index (χ1) is 11.2. The standard InChI is InChI=1S/C18H19NO4/c1-21-15-8-6-14(7-9-15)19-18(20)11-5-13-4-10-16(22-2)17(12-13)23-3/h4-12H,1-3H3,(H,19,20). The van der Waals surface area contributed by atoms with Crippen LogP contribution in [0.15, 0.2) is 48.5 Å². The molecule has 0 saturated carbocycles. The van der Waals surface area contributed by atoms with Crippen molar-refractivity contribution in [3.63, 3.8) is 0 Å². The fourth-order valence-corrected chi connectivity index (χ4v) is 1.99. The van der Waals surface area contributed by atoms with Crippen molar-refractivity contribution in [1.29, 1.82) is 0 Å². The lowest BCUT2D eigenvalue weighted by molar-refractivity contribution is -0.111. The van der Waals surface area contributed by atoms with E-state index in [2.05, 4.69) is 5.32 Å². The van der Waals surface area contributed by atoms with Gasteiger partial charge in [0, 0.05) is 11.8 Å². The Hall–Kier alpha value is -2.95. The summed E-state index contributed by atoms with van der Waals surface area (Å²) in [5.74, 6) is 1.78. The highest BCUT2D eigenvalue weighted by atomic mass is 16.5. The number of anilines is 1. The summed E-state index contributed by atoms with van der Waals surface area (Å²) in [6.45, 7) is 0. The van der Waals surface area contributed by atoms with Crippen LogP contribution >= 0.6 is 0 Å². The Morgan fingerprint density at radius 2 is 1.61 bits per heavy atom. The number of rotatable bonds is 6. The summed E-state index contributed by atoms with van der Waals surface area (Å²) in [5, 5.41) is 2.78. The minimum Gasteiger partial charge on any atom is -0.497 e. The lowest BCUT2D eigenvalue weighted by atomic mass is 10.2. The number of hydrogen-bond donors (Lipinski definition) is 1. The van der Waals surface area contributed by atoms with Crippen molar-refractivity contribution >= 4 is 17.7 Å². The first kappa shape index (κ1) is 16.4. The topological polar surface area (TPSA) is 56.8 Å². The van der Waals surface area contributed by atoms with Gasteiger partial charge in [0.05, 0.1) is 21.3 Å². The van der Waals surface area contributed by atoms with E-state index in [0.717, 1.165) is 11.3 Å². The fraction of sp³-hybridized carbons (Fsp3) is 0.167. The molecule has 0 aliphatic carbocycles. The SMILES string of the molecule is COc1ccc(NC(=O)C=Cc2ccc(OC)c(OC)c2)cc1. The van der Waals surface area contributed by atoms with Crippen molar-refractivity contribution in [3.8, 4) is 17.2 Å². The van der Waals surface area contributed by atoms with Gasteiger partial charge in [0.15, 0.2) is 11.5 Å². The van der Waals surface area contributed by atoms with Gasteiger partial charge in [0.2, 0.25) is 5.91 Å². The summed E-state index contributed by atoms with van der Waals surface area (Å²) >= 11 is 0. The molecule has 0 aliphatic rings. The van der Waals surface area contributed by atoms with Crippen LogP contribution in [0, 0.1) is 0 Å². The summed E-state index contributed by atoms with van der Waals surface area (Å²) in [7, 11) is 4.75. The molecule has 5 heteroatoms. The Balaban J connectivity index is 2.02. The first-order valence-electron chi connectivity index (χ1n) is 7.01. The second kappa shape index (κ2) is 7.89. The molecule has 0 fully saturated rings. The molecule has 0 radical (unpaired) electrons. The average molecular weight is 313 g/mol. The molecule has 0 aromatic heterocycles. The van der Waals surface area contributed by atoms with E-state index in [1.54, 1.807) is 63.8 Å². The molecule has 5 nitrogen and oxygen atoms in total. The Morgan fingerprint density at radius 3 is 2.22 bits per heavy atom. The maximum Gasteiger partial charge on any atom is 0.248 e. The van der Waals surface area contributed by atoms with E-state index >= 15 is 0 Å². The zero-order chi connectivity index (χ0) is 16.7. The molecular weight excluding hydrogens is 294 g/mol. The molecule has 0 bridgehead atoms. The molecule has 2 aromatic rings. The highest BCUT2D eigenvalue weighted by molar-refractivity contribution is 6.01. The third-order valence-electron chi connectivity index (χ3n) is 3.19. The maximum absolute atomic E-state index is 11.9. The van der Waals surface area contributed by atoms with Crippen molar-refractivity contribution in [2.24, 2.45) is 0 Å². The molecule has 1 N–H and O–H groups in total. The van der Waals surface area contributed by atoms with Gasteiger partial charge in [0.25, 0.3) is 0 Å². The van der Waals surface area contributed by atoms with Gasteiger partial charge < -0.3 is 19.5 Å². The zero-order valence-corrected chi connectivity index (χ0v) is 13.3. The van der Waals surface area contributed by atoms with Crippen molar-refractivity contribution in [2.45, 2.75) is 0 Å². The minimum atomic E-state index is -0.218. The van der Waals surface area contributed by atoms with Crippen LogP contribution in [0.4, 0.5) is 5.69 Å². The molecule has 0 atom stereocenters. The molecular formula is C18H19NO4. The van der Waals surface area contributed by atoms with Crippen LogP contribution in [0.5, 0.6) is 17.2 Å². The minimum absolute atomic E-state index is 0.218. The number of methoxy groups -OCH3 is 3. The second-order valence-electron chi connectivity index (χ2n) is 4.67. The number of benzene rings is 2. The lowest BCUT2D eigenvalue weighted by Gasteiger charge is -2.07. The van der Waals surface area contributed by atoms with E-state index in [4.69, 9.17) is 14.2 Å². The fourth-order valence-electron chi connectivity index (χ4n) is 1.99. The molecule has 0 heterocycles. The number of amides is 1. The van der Waals surface area contributed by atoms with Crippen LogP contribution in [0.25, 0.3) is 6.08 Å². The number of nitrogens with one attached hydrogen (secondary N) is 1. The second-order valence-corrected chi connectivity index (χ2v) is 4.67. The predicted octanol–water partition coefficient (Wildman–Crippen LogP) is 3.36. The average Bonchev–Trinajstić information content (AvgIpc) is 2.60. The van der Waals surface area contributed by atoms with Gasteiger partial charge in [-0.2, -0.15) is 0 Å². The van der Waals surface area contributed by atoms with E-state index in [1.165, 1.54) is 6.08 Å². The van der Waals surface area contributed by atoms with Gasteiger partial charge >= 0.3 is 0 Å². The highest BCUT2D eigenvalue weighted by Crippen LogP contribution is 2.28. The number of ether oxygens (including phenoxy) is 3. The lowest BCUT2D eigenvalue weighted by Crippen LogP contribution is -2.07. The van der Waals surface area contributed by atoms with Gasteiger partial charge in [-0.25, -0.2) is 0 Å². The molecule has 0 saturated heterocycles. The van der Waals surface area contributed by atoms with Crippen LogP contribution in [0.3, 0.4) is 0 Å². The molecule has 2 aromatic carbocycles. The van der Waals surface area contributed by atoms with Crippen LogP contribution in [0.1, 0.15) is 5.56 Å². The van der Waals surface area contributed by atoms with Crippen molar-refractivity contribution in [1.82, 2.24) is 0 Å². The van der Waals surface area contributed by atoms with E-state index < -0.39 is 0 Å². The Morgan fingerprint density at radius 1 is 0.913 bits per heavy atom. The van der Waals surface area contributed by atoms with E-state index in [9.17, 15) is 4.79 Å². The number of hydrogen-bond acceptors (Lipinski definition) is 4. The first-order valence-corrected chi connectivity index (χ1v) is 7.01. The molecule has 0 spiro atoms. The van der Waals surface area contributed by atoms with E-state index in [0.29, 0.717) is 17.2 Å². The van der Waals surface area contributed by atoms with Gasteiger partial charge in [0.1, 0.15) is 5.75 Å². The molecule has 0 aliphatic heterocycles. The Kier molecular flexibility index (Phi) is 5.63. The third-order valence-corrected chi connectivity index (χ3v) is 3.19. The van der Waals surface area contributed by atoms with Crippen LogP contribution < -0.4 is 19.5 Å². The third kappa shape index (κ3) is 4.51. The van der Waals surface area contributed by atoms with Gasteiger partial charge in [-0.3, -0.25) is 4.79 Å². The summed E-state index contributed by atoms with van der Waals surface area (Å²) in [6.07, 6.45) is 3.17. The van der Waals surface area contributed by atoms with Crippen LogP contribution in [0.2, 0.25) is 0 Å². The highest BCUT2D eigenvalue weighted by Gasteiger charge is 2.03. The van der Waals surface area contributed by atoms with Gasteiger partial charge in [-0.05, 0) is 48.0 Å². The van der Waals surface area contributed by atoms with Crippen molar-refractivity contribution in [2.75, 3.05) is 26.6 Å². The quantitative estimate of drug-likeness (QED) is 0.831. The summed E-state index contributed by atoms with van der Waals surface area (Å²) in [6, 6.07) is 12.6. The van der Waals surface area contributed by atoms with Gasteiger partial charge in [-0.15, -0.1) is 0 Å². The van der Waals surface area contributed by atoms with E-state index in [1.807, 2.05) is 6.07 Å². The smallest absolute Gasteiger partial charge is 0.248 e. The molecule has 1 amide bonds. The molecule has 2 rings (SSSR count). The Labute approximate surface area is 135 Å². The molecule has 0 unspecified atom stereocenters. The van der Waals surface area contributed by atoms with E-state index in [-0.39, 0.29) is 5.91 Å². The normalized spacial score (nSPS) is 10.4. The van der Waals surface area contributed by atoms with Crippen molar-refractivity contribution in [3.05, 3.63) is 54.1 Å². The molecule has 120 valence electrons. The number of carbonyl (C=O) groups is 1. The molecule has 23 heavy (non-hydrogen) atoms. The van der Waals surface area contributed by atoms with Crippen LogP contribution in [-0.4, -0.2) is 27.2 Å². The van der Waals surface area contributed by atoms with Crippen LogP contribution in [-0.2, 0) is 4.79 Å². The summed E-state index contributed by atoms with van der Waals surface area (Å²) in [4.78, 5) is 11.9. The predicted molar refractivity (Wildman–Crippen MR) is 90.2 cm³/mol.